The zero-order valence-electron chi connectivity index (χ0n) is 7.37. The van der Waals surface area contributed by atoms with Gasteiger partial charge in [-0.15, -0.1) is 0 Å². The van der Waals surface area contributed by atoms with Gasteiger partial charge in [-0.1, -0.05) is 0 Å². The van der Waals surface area contributed by atoms with Crippen LogP contribution in [0.25, 0.3) is 0 Å². The minimum absolute atomic E-state index is 0.0932. The van der Waals surface area contributed by atoms with Crippen molar-refractivity contribution in [2.24, 2.45) is 0 Å². The van der Waals surface area contributed by atoms with Crippen LogP contribution in [0.5, 0.6) is 0 Å². The van der Waals surface area contributed by atoms with Gasteiger partial charge in [-0.25, -0.2) is 9.37 Å². The molecule has 0 aliphatic carbocycles. The molecule has 0 atom stereocenters. The number of nitrogens with zero attached hydrogens (tertiary/aromatic N) is 1. The first-order valence-corrected chi connectivity index (χ1v) is 3.73. The van der Waals surface area contributed by atoms with Gasteiger partial charge in [-0.05, 0) is 13.8 Å². The molecule has 1 rings (SSSR count). The fourth-order valence-corrected chi connectivity index (χ4v) is 0.766. The van der Waals surface area contributed by atoms with Crippen LogP contribution in [-0.2, 0) is 16.9 Å². The Bertz CT molecular complexity index is 319. The van der Waals surface area contributed by atoms with Crippen LogP contribution in [0, 0.1) is 0 Å². The summed E-state index contributed by atoms with van der Waals surface area (Å²) in [4.78, 5) is 14.3. The van der Waals surface area contributed by atoms with Crippen LogP contribution in [-0.4, -0.2) is 16.1 Å². The first-order valence-electron chi connectivity index (χ1n) is 3.73. The number of hydrogen-bond acceptors (Lipinski definition) is 3. The number of carboxylic acid groups (broad SMARTS) is 1. The summed E-state index contributed by atoms with van der Waals surface area (Å²) in [6, 6.07) is 0. The molecule has 0 amide bonds. The first kappa shape index (κ1) is 9.70. The standard InChI is InChI=1S/C8H10FNO3/c1-8(2,7(11)12)5-4-10-6(3-9)13-5/h4H,3H2,1-2H3,(H,11,12). The number of carbonyl (C=O) groups is 1. The fraction of sp³-hybridized carbons (Fsp3) is 0.500. The monoisotopic (exact) mass is 187 g/mol. The highest BCUT2D eigenvalue weighted by Crippen LogP contribution is 2.24. The van der Waals surface area contributed by atoms with Crippen molar-refractivity contribution >= 4 is 5.97 Å². The summed E-state index contributed by atoms with van der Waals surface area (Å²) in [5.74, 6) is -0.967. The van der Waals surface area contributed by atoms with E-state index in [4.69, 9.17) is 9.52 Å². The summed E-state index contributed by atoms with van der Waals surface area (Å²) in [5, 5.41) is 8.80. The van der Waals surface area contributed by atoms with Gasteiger partial charge >= 0.3 is 5.97 Å². The number of rotatable bonds is 3. The molecule has 0 saturated heterocycles. The van der Waals surface area contributed by atoms with Crippen molar-refractivity contribution in [1.29, 1.82) is 0 Å². The molecule has 0 fully saturated rings. The van der Waals surface area contributed by atoms with E-state index in [0.29, 0.717) is 0 Å². The Morgan fingerprint density at radius 1 is 1.77 bits per heavy atom. The highest BCUT2D eigenvalue weighted by Gasteiger charge is 2.33. The molecule has 1 N–H and O–H groups in total. The molecular formula is C8H10FNO3. The van der Waals surface area contributed by atoms with Crippen molar-refractivity contribution in [3.05, 3.63) is 17.8 Å². The minimum Gasteiger partial charge on any atom is -0.481 e. The molecular weight excluding hydrogens is 177 g/mol. The lowest BCUT2D eigenvalue weighted by atomic mass is 9.91. The number of oxazole rings is 1. The van der Waals surface area contributed by atoms with E-state index in [2.05, 4.69) is 4.98 Å². The predicted molar refractivity (Wildman–Crippen MR) is 42.0 cm³/mol. The average Bonchev–Trinajstić information content (AvgIpc) is 2.51. The third-order valence-electron chi connectivity index (χ3n) is 1.82. The largest absolute Gasteiger partial charge is 0.481 e. The van der Waals surface area contributed by atoms with E-state index < -0.39 is 18.1 Å². The smallest absolute Gasteiger partial charge is 0.316 e. The molecule has 5 heteroatoms. The Kier molecular flexibility index (Phi) is 2.36. The molecule has 1 aromatic heterocycles. The zero-order chi connectivity index (χ0) is 10.1. The van der Waals surface area contributed by atoms with Gasteiger partial charge in [0, 0.05) is 0 Å². The maximum Gasteiger partial charge on any atom is 0.316 e. The van der Waals surface area contributed by atoms with Crippen molar-refractivity contribution in [2.45, 2.75) is 25.9 Å². The normalized spacial score (nSPS) is 11.6. The summed E-state index contributed by atoms with van der Waals surface area (Å²) in [6.07, 6.45) is 1.24. The van der Waals surface area contributed by atoms with E-state index >= 15 is 0 Å². The second-order valence-electron chi connectivity index (χ2n) is 3.18. The number of hydrogen-bond donors (Lipinski definition) is 1. The molecule has 0 aliphatic heterocycles. The van der Waals surface area contributed by atoms with Crippen molar-refractivity contribution in [3.8, 4) is 0 Å². The van der Waals surface area contributed by atoms with E-state index in [9.17, 15) is 9.18 Å². The van der Waals surface area contributed by atoms with Crippen molar-refractivity contribution in [1.82, 2.24) is 4.98 Å². The Morgan fingerprint density at radius 2 is 2.38 bits per heavy atom. The predicted octanol–water partition coefficient (Wildman–Crippen LogP) is 1.51. The minimum atomic E-state index is -1.17. The van der Waals surface area contributed by atoms with Gasteiger partial charge in [0.1, 0.15) is 11.2 Å². The van der Waals surface area contributed by atoms with Crippen molar-refractivity contribution in [2.75, 3.05) is 0 Å². The van der Waals surface area contributed by atoms with Gasteiger partial charge in [-0.3, -0.25) is 4.79 Å². The lowest BCUT2D eigenvalue weighted by molar-refractivity contribution is -0.143. The number of carboxylic acids is 1. The Morgan fingerprint density at radius 3 is 2.77 bits per heavy atom. The van der Waals surface area contributed by atoms with E-state index in [1.54, 1.807) is 0 Å². The molecule has 1 heterocycles. The lowest BCUT2D eigenvalue weighted by Crippen LogP contribution is -2.27. The molecule has 72 valence electrons. The topological polar surface area (TPSA) is 63.3 Å². The maximum atomic E-state index is 12.0. The zero-order valence-corrected chi connectivity index (χ0v) is 7.37. The van der Waals surface area contributed by atoms with Gasteiger partial charge in [0.15, 0.2) is 6.67 Å². The molecule has 4 nitrogen and oxygen atoms in total. The second-order valence-corrected chi connectivity index (χ2v) is 3.18. The van der Waals surface area contributed by atoms with Crippen molar-refractivity contribution in [3.63, 3.8) is 0 Å². The third-order valence-corrected chi connectivity index (χ3v) is 1.82. The molecule has 0 bridgehead atoms. The van der Waals surface area contributed by atoms with Gasteiger partial charge in [0.2, 0.25) is 5.89 Å². The number of aliphatic carboxylic acids is 1. The highest BCUT2D eigenvalue weighted by atomic mass is 19.1. The van der Waals surface area contributed by atoms with Crippen LogP contribution < -0.4 is 0 Å². The van der Waals surface area contributed by atoms with E-state index in [-0.39, 0.29) is 11.7 Å². The number of aromatic nitrogens is 1. The molecule has 0 radical (unpaired) electrons. The van der Waals surface area contributed by atoms with Crippen LogP contribution in [0.4, 0.5) is 4.39 Å². The third kappa shape index (κ3) is 1.68. The lowest BCUT2D eigenvalue weighted by Gasteiger charge is -2.14. The Labute approximate surface area is 74.4 Å². The molecule has 1 aromatic rings. The summed E-state index contributed by atoms with van der Waals surface area (Å²) in [5.41, 5.74) is -1.17. The number of alkyl halides is 1. The molecule has 0 saturated carbocycles. The second kappa shape index (κ2) is 3.16. The van der Waals surface area contributed by atoms with Gasteiger partial charge in [0.25, 0.3) is 0 Å². The summed E-state index contributed by atoms with van der Waals surface area (Å²) in [6.45, 7) is 2.12. The highest BCUT2D eigenvalue weighted by molar-refractivity contribution is 5.79. The van der Waals surface area contributed by atoms with E-state index in [1.165, 1.54) is 20.0 Å². The van der Waals surface area contributed by atoms with Crippen molar-refractivity contribution < 1.29 is 18.7 Å². The molecule has 13 heavy (non-hydrogen) atoms. The quantitative estimate of drug-likeness (QED) is 0.778. The summed E-state index contributed by atoms with van der Waals surface area (Å²) in [7, 11) is 0. The van der Waals surface area contributed by atoms with Crippen LogP contribution in [0.2, 0.25) is 0 Å². The fourth-order valence-electron chi connectivity index (χ4n) is 0.766. The SMILES string of the molecule is CC(C)(C(=O)O)c1cnc(CF)o1. The van der Waals surface area contributed by atoms with Crippen LogP contribution in [0.3, 0.4) is 0 Å². The summed E-state index contributed by atoms with van der Waals surface area (Å²) < 4.78 is 16.9. The average molecular weight is 187 g/mol. The first-order chi connectivity index (χ1) is 5.98. The van der Waals surface area contributed by atoms with Crippen LogP contribution in [0.1, 0.15) is 25.5 Å². The van der Waals surface area contributed by atoms with Crippen LogP contribution in [0.15, 0.2) is 10.6 Å². The van der Waals surface area contributed by atoms with E-state index in [1.807, 2.05) is 0 Å². The van der Waals surface area contributed by atoms with Gasteiger partial charge in [0.05, 0.1) is 6.20 Å². The van der Waals surface area contributed by atoms with Gasteiger partial charge < -0.3 is 9.52 Å². The molecule has 0 spiro atoms. The number of halogens is 1. The maximum absolute atomic E-state index is 12.0. The van der Waals surface area contributed by atoms with E-state index in [0.717, 1.165) is 0 Å². The molecule has 0 aromatic carbocycles. The van der Waals surface area contributed by atoms with Gasteiger partial charge in [-0.2, -0.15) is 0 Å². The Hall–Kier alpha value is -1.39. The molecule has 0 unspecified atom stereocenters. The Balaban J connectivity index is 3.00. The summed E-state index contributed by atoms with van der Waals surface area (Å²) >= 11 is 0. The van der Waals surface area contributed by atoms with Crippen LogP contribution >= 0.6 is 0 Å². The molecule has 0 aliphatic rings.